The van der Waals surface area contributed by atoms with Crippen LogP contribution in [-0.4, -0.2) is 22.6 Å². The predicted molar refractivity (Wildman–Crippen MR) is 74.2 cm³/mol. The smallest absolute Gasteiger partial charge is 0.355 e. The second-order valence-corrected chi connectivity index (χ2v) is 5.41. The minimum Gasteiger partial charge on any atom is -0.355 e. The van der Waals surface area contributed by atoms with Crippen molar-refractivity contribution in [1.82, 2.24) is 15.5 Å². The lowest BCUT2D eigenvalue weighted by molar-refractivity contribution is -0.137. The summed E-state index contributed by atoms with van der Waals surface area (Å²) in [6.07, 6.45) is -2.24. The van der Waals surface area contributed by atoms with Gasteiger partial charge >= 0.3 is 6.18 Å². The summed E-state index contributed by atoms with van der Waals surface area (Å²) in [6, 6.07) is 4.74. The van der Waals surface area contributed by atoms with Gasteiger partial charge < -0.3 is 9.84 Å². The normalized spacial score (nSPS) is 14.7. The van der Waals surface area contributed by atoms with E-state index in [2.05, 4.69) is 15.5 Å². The van der Waals surface area contributed by atoms with E-state index in [-0.39, 0.29) is 29.1 Å². The lowest BCUT2D eigenvalue weighted by Crippen LogP contribution is -2.26. The van der Waals surface area contributed by atoms with E-state index >= 15 is 0 Å². The summed E-state index contributed by atoms with van der Waals surface area (Å²) in [5.41, 5.74) is -0.533. The SMILES string of the molecule is O=C(NCCc1nc(-c2cccc(C(F)(F)F)c2)no1)C1CC1. The van der Waals surface area contributed by atoms with Crippen LogP contribution in [0.4, 0.5) is 13.2 Å². The molecule has 0 saturated heterocycles. The summed E-state index contributed by atoms with van der Waals surface area (Å²) in [6.45, 7) is 0.361. The predicted octanol–water partition coefficient (Wildman–Crippen LogP) is 2.82. The maximum Gasteiger partial charge on any atom is 0.416 e. The van der Waals surface area contributed by atoms with E-state index in [1.54, 1.807) is 0 Å². The zero-order valence-electron chi connectivity index (χ0n) is 12.1. The van der Waals surface area contributed by atoms with Crippen molar-refractivity contribution in [3.05, 3.63) is 35.7 Å². The number of hydrogen-bond acceptors (Lipinski definition) is 4. The Morgan fingerprint density at radius 1 is 1.35 bits per heavy atom. The summed E-state index contributed by atoms with van der Waals surface area (Å²) in [7, 11) is 0. The van der Waals surface area contributed by atoms with Crippen LogP contribution in [0.3, 0.4) is 0 Å². The number of hydrogen-bond donors (Lipinski definition) is 1. The molecule has 1 aliphatic rings. The van der Waals surface area contributed by atoms with Crippen LogP contribution in [0.1, 0.15) is 24.3 Å². The molecule has 1 N–H and O–H groups in total. The molecule has 3 rings (SSSR count). The van der Waals surface area contributed by atoms with Crippen LogP contribution >= 0.6 is 0 Å². The van der Waals surface area contributed by atoms with Crippen molar-refractivity contribution in [3.63, 3.8) is 0 Å². The van der Waals surface area contributed by atoms with E-state index in [0.717, 1.165) is 25.0 Å². The maximum absolute atomic E-state index is 12.7. The molecule has 0 atom stereocenters. The van der Waals surface area contributed by atoms with Gasteiger partial charge in [-0.15, -0.1) is 0 Å². The second-order valence-electron chi connectivity index (χ2n) is 5.41. The van der Waals surface area contributed by atoms with E-state index in [1.807, 2.05) is 0 Å². The number of benzene rings is 1. The third-order valence-corrected chi connectivity index (χ3v) is 3.50. The lowest BCUT2D eigenvalue weighted by Gasteiger charge is -2.06. The molecule has 1 amide bonds. The van der Waals surface area contributed by atoms with Gasteiger partial charge in [0.1, 0.15) is 0 Å². The zero-order chi connectivity index (χ0) is 16.4. The molecule has 122 valence electrons. The van der Waals surface area contributed by atoms with E-state index in [4.69, 9.17) is 4.52 Å². The van der Waals surface area contributed by atoms with Gasteiger partial charge in [0.15, 0.2) is 0 Å². The van der Waals surface area contributed by atoms with Gasteiger partial charge in [-0.3, -0.25) is 4.79 Å². The first-order valence-electron chi connectivity index (χ1n) is 7.21. The minimum atomic E-state index is -4.42. The number of aromatic nitrogens is 2. The number of nitrogens with zero attached hydrogens (tertiary/aromatic N) is 2. The topological polar surface area (TPSA) is 68.0 Å². The average Bonchev–Trinajstić information content (AvgIpc) is 3.26. The van der Waals surface area contributed by atoms with Crippen LogP contribution in [0.2, 0.25) is 0 Å². The van der Waals surface area contributed by atoms with Gasteiger partial charge in [-0.25, -0.2) is 0 Å². The largest absolute Gasteiger partial charge is 0.416 e. The molecule has 0 unspecified atom stereocenters. The highest BCUT2D eigenvalue weighted by Gasteiger charge is 2.31. The van der Waals surface area contributed by atoms with Crippen molar-refractivity contribution < 1.29 is 22.5 Å². The molecule has 8 heteroatoms. The second kappa shape index (κ2) is 6.02. The number of carbonyl (C=O) groups excluding carboxylic acids is 1. The standard InChI is InChI=1S/C15H14F3N3O2/c16-15(17,18)11-3-1-2-10(8-11)13-20-12(23-21-13)6-7-19-14(22)9-4-5-9/h1-3,8-9H,4-7H2,(H,19,22). The molecule has 1 saturated carbocycles. The van der Waals surface area contributed by atoms with Crippen molar-refractivity contribution in [3.8, 4) is 11.4 Å². The van der Waals surface area contributed by atoms with Gasteiger partial charge in [0.2, 0.25) is 17.6 Å². The quantitative estimate of drug-likeness (QED) is 0.918. The zero-order valence-corrected chi connectivity index (χ0v) is 12.1. The van der Waals surface area contributed by atoms with Crippen molar-refractivity contribution in [2.24, 2.45) is 5.92 Å². The third-order valence-electron chi connectivity index (χ3n) is 3.50. The fourth-order valence-corrected chi connectivity index (χ4v) is 2.09. The van der Waals surface area contributed by atoms with Crippen LogP contribution < -0.4 is 5.32 Å². The van der Waals surface area contributed by atoms with E-state index in [0.29, 0.717) is 13.0 Å². The molecule has 1 aromatic carbocycles. The molecule has 0 aliphatic heterocycles. The number of halogens is 3. The van der Waals surface area contributed by atoms with Crippen LogP contribution in [0.25, 0.3) is 11.4 Å². The van der Waals surface area contributed by atoms with Crippen molar-refractivity contribution in [2.75, 3.05) is 6.54 Å². The Balaban J connectivity index is 1.63. The summed E-state index contributed by atoms with van der Waals surface area (Å²) in [5, 5.41) is 6.44. The summed E-state index contributed by atoms with van der Waals surface area (Å²) in [5.74, 6) is 0.508. The first-order chi connectivity index (χ1) is 10.9. The van der Waals surface area contributed by atoms with Gasteiger partial charge in [-0.2, -0.15) is 18.2 Å². The minimum absolute atomic E-state index is 0.0163. The number of alkyl halides is 3. The third kappa shape index (κ3) is 3.88. The Kier molecular flexibility index (Phi) is 4.06. The van der Waals surface area contributed by atoms with Gasteiger partial charge in [-0.1, -0.05) is 17.3 Å². The molecule has 1 heterocycles. The molecule has 5 nitrogen and oxygen atoms in total. The molecular formula is C15H14F3N3O2. The van der Waals surface area contributed by atoms with Crippen LogP contribution in [-0.2, 0) is 17.4 Å². The van der Waals surface area contributed by atoms with Gasteiger partial charge in [0, 0.05) is 24.4 Å². The van der Waals surface area contributed by atoms with Crippen LogP contribution in [0.15, 0.2) is 28.8 Å². The van der Waals surface area contributed by atoms with Crippen LogP contribution in [0.5, 0.6) is 0 Å². The Morgan fingerprint density at radius 3 is 2.83 bits per heavy atom. The summed E-state index contributed by atoms with van der Waals surface area (Å²) >= 11 is 0. The lowest BCUT2D eigenvalue weighted by atomic mass is 10.1. The Labute approximate surface area is 129 Å². The van der Waals surface area contributed by atoms with Crippen molar-refractivity contribution >= 4 is 5.91 Å². The van der Waals surface area contributed by atoms with E-state index in [9.17, 15) is 18.0 Å². The van der Waals surface area contributed by atoms with Crippen molar-refractivity contribution in [1.29, 1.82) is 0 Å². The molecule has 1 aromatic heterocycles. The molecule has 1 fully saturated rings. The Hall–Kier alpha value is -2.38. The molecule has 23 heavy (non-hydrogen) atoms. The molecule has 1 aliphatic carbocycles. The van der Waals surface area contributed by atoms with Gasteiger partial charge in [0.05, 0.1) is 5.56 Å². The van der Waals surface area contributed by atoms with Crippen molar-refractivity contribution in [2.45, 2.75) is 25.4 Å². The first-order valence-corrected chi connectivity index (χ1v) is 7.21. The number of carbonyl (C=O) groups is 1. The van der Waals surface area contributed by atoms with E-state index < -0.39 is 11.7 Å². The Bertz CT molecular complexity index is 708. The Morgan fingerprint density at radius 2 is 2.13 bits per heavy atom. The highest BCUT2D eigenvalue weighted by Crippen LogP contribution is 2.31. The number of nitrogens with one attached hydrogen (secondary N) is 1. The fraction of sp³-hybridized carbons (Fsp3) is 0.400. The van der Waals surface area contributed by atoms with Gasteiger partial charge in [-0.05, 0) is 25.0 Å². The molecule has 2 aromatic rings. The monoisotopic (exact) mass is 325 g/mol. The highest BCUT2D eigenvalue weighted by molar-refractivity contribution is 5.80. The number of amides is 1. The maximum atomic E-state index is 12.7. The van der Waals surface area contributed by atoms with Gasteiger partial charge in [0.25, 0.3) is 0 Å². The average molecular weight is 325 g/mol. The highest BCUT2D eigenvalue weighted by atomic mass is 19.4. The number of rotatable bonds is 5. The molecule has 0 bridgehead atoms. The molecular weight excluding hydrogens is 311 g/mol. The summed E-state index contributed by atoms with van der Waals surface area (Å²) in [4.78, 5) is 15.5. The fourth-order valence-electron chi connectivity index (χ4n) is 2.09. The molecule has 0 radical (unpaired) electrons. The van der Waals surface area contributed by atoms with Crippen LogP contribution in [0, 0.1) is 5.92 Å². The molecule has 0 spiro atoms. The summed E-state index contributed by atoms with van der Waals surface area (Å²) < 4.78 is 43.1. The first kappa shape index (κ1) is 15.5. The van der Waals surface area contributed by atoms with E-state index in [1.165, 1.54) is 12.1 Å².